The molecule has 0 bridgehead atoms. The van der Waals surface area contributed by atoms with Gasteiger partial charge in [0.05, 0.1) is 14.1 Å². The van der Waals surface area contributed by atoms with Crippen LogP contribution in [0.25, 0.3) is 0 Å². The third kappa shape index (κ3) is 1.21. The highest BCUT2D eigenvalue weighted by atomic mass is 16.3. The molecule has 0 spiro atoms. The molecule has 3 nitrogen and oxygen atoms in total. The average Bonchev–Trinajstić information content (AvgIpc) is 1.79. The number of hydrogen-bond acceptors (Lipinski definition) is 2. The van der Waals surface area contributed by atoms with Crippen molar-refractivity contribution in [1.82, 2.24) is 0 Å². The van der Waals surface area contributed by atoms with E-state index in [4.69, 9.17) is 0 Å². The number of hydrogen-bond donors (Lipinski definition) is 0. The fourth-order valence-electron chi connectivity index (χ4n) is 1.15. The minimum absolute atomic E-state index is 0.0417. The van der Waals surface area contributed by atoms with Gasteiger partial charge in [-0.2, -0.15) is 0 Å². The standard InChI is InChI=1S/C6H12N2O/c1-5-4-8(2,3)7-6(5)9/h5H,4H2,1-3H3. The van der Waals surface area contributed by atoms with E-state index in [2.05, 4.69) is 5.10 Å². The second-order valence-corrected chi connectivity index (χ2v) is 3.14. The lowest BCUT2D eigenvalue weighted by atomic mass is 10.2. The summed E-state index contributed by atoms with van der Waals surface area (Å²) in [6, 6.07) is 0. The maximum Gasteiger partial charge on any atom is 0.110 e. The molecule has 0 aromatic carbocycles. The average molecular weight is 128 g/mol. The molecule has 1 rings (SSSR count). The van der Waals surface area contributed by atoms with Crippen LogP contribution in [0.2, 0.25) is 0 Å². The van der Waals surface area contributed by atoms with Gasteiger partial charge in [-0.15, -0.1) is 5.10 Å². The van der Waals surface area contributed by atoms with Gasteiger partial charge in [-0.05, 0) is 0 Å². The highest BCUT2D eigenvalue weighted by molar-refractivity contribution is 5.74. The summed E-state index contributed by atoms with van der Waals surface area (Å²) in [5.74, 6) is 0.167. The van der Waals surface area contributed by atoms with Gasteiger partial charge in [0.1, 0.15) is 6.54 Å². The van der Waals surface area contributed by atoms with Gasteiger partial charge < -0.3 is 5.11 Å². The van der Waals surface area contributed by atoms with E-state index < -0.39 is 0 Å². The third-order valence-electron chi connectivity index (χ3n) is 1.51. The Hall–Kier alpha value is -0.570. The molecular formula is C6H12N2O. The Balaban J connectivity index is 2.74. The minimum atomic E-state index is 0.0417. The van der Waals surface area contributed by atoms with Crippen molar-refractivity contribution in [1.29, 1.82) is 0 Å². The van der Waals surface area contributed by atoms with Crippen LogP contribution in [-0.4, -0.2) is 31.1 Å². The number of rotatable bonds is 0. The van der Waals surface area contributed by atoms with Crippen LogP contribution >= 0.6 is 0 Å². The Morgan fingerprint density at radius 2 is 2.22 bits per heavy atom. The molecule has 1 heterocycles. The summed E-state index contributed by atoms with van der Waals surface area (Å²) in [4.78, 5) is 0. The van der Waals surface area contributed by atoms with Crippen molar-refractivity contribution in [2.45, 2.75) is 6.92 Å². The van der Waals surface area contributed by atoms with Crippen LogP contribution in [0.5, 0.6) is 0 Å². The molecule has 0 amide bonds. The molecule has 1 aliphatic rings. The summed E-state index contributed by atoms with van der Waals surface area (Å²) in [5.41, 5.74) is 0. The normalized spacial score (nSPS) is 32.3. The first-order valence-corrected chi connectivity index (χ1v) is 3.11. The van der Waals surface area contributed by atoms with E-state index in [1.807, 2.05) is 21.0 Å². The van der Waals surface area contributed by atoms with E-state index in [-0.39, 0.29) is 11.8 Å². The monoisotopic (exact) mass is 128 g/mol. The van der Waals surface area contributed by atoms with Crippen LogP contribution in [0, 0.1) is 5.92 Å². The molecule has 0 aromatic heterocycles. The van der Waals surface area contributed by atoms with Gasteiger partial charge in [0.2, 0.25) is 0 Å². The quantitative estimate of drug-likeness (QED) is 0.401. The predicted molar refractivity (Wildman–Crippen MR) is 33.6 cm³/mol. The molecule has 9 heavy (non-hydrogen) atoms. The molecule has 52 valence electrons. The van der Waals surface area contributed by atoms with Crippen LogP contribution in [0.1, 0.15) is 6.92 Å². The Labute approximate surface area is 55.2 Å². The van der Waals surface area contributed by atoms with Gasteiger partial charge in [-0.3, -0.25) is 0 Å². The summed E-state index contributed by atoms with van der Waals surface area (Å²) < 4.78 is 0.500. The van der Waals surface area contributed by atoms with Gasteiger partial charge in [-0.1, -0.05) is 6.92 Å². The Kier molecular flexibility index (Phi) is 1.24. The first-order valence-electron chi connectivity index (χ1n) is 3.11. The van der Waals surface area contributed by atoms with E-state index in [1.54, 1.807) is 0 Å². The van der Waals surface area contributed by atoms with E-state index in [0.29, 0.717) is 4.59 Å². The lowest BCUT2D eigenvalue weighted by Gasteiger charge is -2.16. The lowest BCUT2D eigenvalue weighted by Crippen LogP contribution is -2.32. The van der Waals surface area contributed by atoms with Gasteiger partial charge in [-0.25, -0.2) is 4.59 Å². The maximum absolute atomic E-state index is 10.8. The molecule has 0 saturated carbocycles. The summed E-state index contributed by atoms with van der Waals surface area (Å²) in [6.45, 7) is 2.76. The molecule has 1 unspecified atom stereocenters. The van der Waals surface area contributed by atoms with Crippen molar-refractivity contribution < 1.29 is 9.70 Å². The van der Waals surface area contributed by atoms with Crippen LogP contribution in [0.15, 0.2) is 5.10 Å². The third-order valence-corrected chi connectivity index (χ3v) is 1.51. The van der Waals surface area contributed by atoms with Crippen LogP contribution in [0.3, 0.4) is 0 Å². The highest BCUT2D eigenvalue weighted by Crippen LogP contribution is 2.13. The topological polar surface area (TPSA) is 35.4 Å². The van der Waals surface area contributed by atoms with E-state index in [1.165, 1.54) is 0 Å². The van der Waals surface area contributed by atoms with E-state index in [9.17, 15) is 5.11 Å². The Morgan fingerprint density at radius 3 is 2.33 bits per heavy atom. The first-order chi connectivity index (χ1) is 4.01. The maximum atomic E-state index is 10.8. The fourth-order valence-corrected chi connectivity index (χ4v) is 1.15. The van der Waals surface area contributed by atoms with Crippen LogP contribution in [0.4, 0.5) is 0 Å². The first kappa shape index (κ1) is 6.55. The summed E-state index contributed by atoms with van der Waals surface area (Å²) in [5, 5.41) is 14.7. The van der Waals surface area contributed by atoms with Crippen LogP contribution in [-0.2, 0) is 0 Å². The van der Waals surface area contributed by atoms with Crippen molar-refractivity contribution in [2.24, 2.45) is 11.0 Å². The fraction of sp³-hybridized carbons (Fsp3) is 0.833. The van der Waals surface area contributed by atoms with Gasteiger partial charge in [0, 0.05) is 11.8 Å². The molecule has 3 heteroatoms. The second-order valence-electron chi connectivity index (χ2n) is 3.14. The van der Waals surface area contributed by atoms with E-state index >= 15 is 0 Å². The Bertz CT molecular complexity index is 151. The minimum Gasteiger partial charge on any atom is -0.858 e. The SMILES string of the molecule is CC1C[N+](C)(C)N=C1[O-]. The smallest absolute Gasteiger partial charge is 0.110 e. The van der Waals surface area contributed by atoms with Crippen LogP contribution < -0.4 is 5.11 Å². The highest BCUT2D eigenvalue weighted by Gasteiger charge is 2.26. The number of nitrogens with zero attached hydrogens (tertiary/aromatic N) is 2. The van der Waals surface area contributed by atoms with Crippen molar-refractivity contribution >= 4 is 5.90 Å². The zero-order valence-corrected chi connectivity index (χ0v) is 6.09. The summed E-state index contributed by atoms with van der Waals surface area (Å²) in [6.07, 6.45) is 0. The Morgan fingerprint density at radius 1 is 1.67 bits per heavy atom. The zero-order valence-electron chi connectivity index (χ0n) is 6.09. The predicted octanol–water partition coefficient (Wildman–Crippen LogP) is -0.614. The molecule has 0 aliphatic carbocycles. The van der Waals surface area contributed by atoms with Crippen molar-refractivity contribution in [3.05, 3.63) is 0 Å². The van der Waals surface area contributed by atoms with Gasteiger partial charge >= 0.3 is 0 Å². The van der Waals surface area contributed by atoms with Crippen molar-refractivity contribution in [2.75, 3.05) is 20.6 Å². The lowest BCUT2D eigenvalue weighted by molar-refractivity contribution is -0.893. The molecule has 1 aliphatic heterocycles. The van der Waals surface area contributed by atoms with Crippen molar-refractivity contribution in [3.8, 4) is 0 Å². The molecule has 0 saturated heterocycles. The summed E-state index contributed by atoms with van der Waals surface area (Å²) in [7, 11) is 3.86. The molecule has 0 aromatic rings. The molecule has 0 N–H and O–H groups in total. The molecule has 0 fully saturated rings. The number of quaternary nitrogens is 1. The van der Waals surface area contributed by atoms with Crippen molar-refractivity contribution in [3.63, 3.8) is 0 Å². The van der Waals surface area contributed by atoms with Gasteiger partial charge in [0.25, 0.3) is 0 Å². The van der Waals surface area contributed by atoms with Gasteiger partial charge in [0.15, 0.2) is 0 Å². The molecule has 1 atom stereocenters. The largest absolute Gasteiger partial charge is 0.858 e. The molecule has 0 radical (unpaired) electrons. The second kappa shape index (κ2) is 1.70. The zero-order chi connectivity index (χ0) is 7.07. The molecular weight excluding hydrogens is 116 g/mol. The van der Waals surface area contributed by atoms with E-state index in [0.717, 1.165) is 6.54 Å². The summed E-state index contributed by atoms with van der Waals surface area (Å²) >= 11 is 0.